The van der Waals surface area contributed by atoms with E-state index in [0.29, 0.717) is 6.54 Å². The molecule has 0 unspecified atom stereocenters. The van der Waals surface area contributed by atoms with E-state index in [1.165, 1.54) is 0 Å². The van der Waals surface area contributed by atoms with Gasteiger partial charge in [-0.25, -0.2) is 0 Å². The number of fused-ring (bicyclic) bond motifs is 2. The first kappa shape index (κ1) is 16.9. The predicted octanol–water partition coefficient (Wildman–Crippen LogP) is 2.87. The first-order valence-corrected chi connectivity index (χ1v) is 9.02. The second-order valence-electron chi connectivity index (χ2n) is 6.95. The molecule has 1 spiro atoms. The van der Waals surface area contributed by atoms with Gasteiger partial charge in [-0.1, -0.05) is 18.2 Å². The molecule has 2 aromatic rings. The van der Waals surface area contributed by atoms with Gasteiger partial charge in [0.25, 0.3) is 0 Å². The number of nitrogens with one attached hydrogen (secondary N) is 1. The Morgan fingerprint density at radius 3 is 2.31 bits per heavy atom. The van der Waals surface area contributed by atoms with Crippen molar-refractivity contribution in [1.29, 1.82) is 0 Å². The van der Waals surface area contributed by atoms with Crippen molar-refractivity contribution in [2.24, 2.45) is 0 Å². The molecule has 2 aliphatic rings. The van der Waals surface area contributed by atoms with E-state index in [2.05, 4.69) is 11.4 Å². The summed E-state index contributed by atoms with van der Waals surface area (Å²) in [6.07, 6.45) is 1.68. The second kappa shape index (κ2) is 6.65. The molecule has 0 atom stereocenters. The van der Waals surface area contributed by atoms with Crippen LogP contribution in [0.1, 0.15) is 24.0 Å². The van der Waals surface area contributed by atoms with Crippen molar-refractivity contribution in [3.05, 3.63) is 53.6 Å². The number of ether oxygens (including phenoxy) is 2. The summed E-state index contributed by atoms with van der Waals surface area (Å²) in [5.41, 5.74) is 2.79. The summed E-state index contributed by atoms with van der Waals surface area (Å²) in [7, 11) is 3.31. The highest BCUT2D eigenvalue weighted by Crippen LogP contribution is 2.48. The molecule has 1 saturated heterocycles. The third-order valence-corrected chi connectivity index (χ3v) is 5.62. The maximum atomic E-state index is 13.5. The average molecular weight is 352 g/mol. The van der Waals surface area contributed by atoms with Gasteiger partial charge in [-0.3, -0.25) is 4.79 Å². The number of carbonyl (C=O) groups excluding carboxylic acids is 1. The van der Waals surface area contributed by atoms with Gasteiger partial charge in [-0.05, 0) is 55.3 Å². The number of methoxy groups -OCH3 is 2. The van der Waals surface area contributed by atoms with E-state index >= 15 is 0 Å². The molecule has 0 bridgehead atoms. The second-order valence-corrected chi connectivity index (χ2v) is 6.95. The van der Waals surface area contributed by atoms with Gasteiger partial charge < -0.3 is 19.7 Å². The molecule has 0 radical (unpaired) electrons. The standard InChI is InChI=1S/C21H24N2O3/c1-25-16-5-3-15(4-6-16)14-23-19-13-17(26-2)7-8-18(19)21(20(23)24)9-11-22-12-10-21/h3-8,13,22H,9-12,14H2,1-2H3. The van der Waals surface area contributed by atoms with Gasteiger partial charge in [-0.2, -0.15) is 0 Å². The maximum absolute atomic E-state index is 13.5. The molecule has 2 aromatic carbocycles. The number of amides is 1. The van der Waals surface area contributed by atoms with E-state index in [1.54, 1.807) is 14.2 Å². The van der Waals surface area contributed by atoms with E-state index < -0.39 is 5.41 Å². The Labute approximate surface area is 153 Å². The number of benzene rings is 2. The smallest absolute Gasteiger partial charge is 0.238 e. The van der Waals surface area contributed by atoms with Crippen LogP contribution in [0.25, 0.3) is 0 Å². The van der Waals surface area contributed by atoms with Crippen LogP contribution in [0.2, 0.25) is 0 Å². The molecule has 0 aromatic heterocycles. The molecule has 2 aliphatic heterocycles. The minimum absolute atomic E-state index is 0.207. The molecule has 4 rings (SSSR count). The molecule has 5 nitrogen and oxygen atoms in total. The number of nitrogens with zero attached hydrogens (tertiary/aromatic N) is 1. The van der Waals surface area contributed by atoms with Crippen LogP contribution in [0.15, 0.2) is 42.5 Å². The molecular weight excluding hydrogens is 328 g/mol. The van der Waals surface area contributed by atoms with Crippen LogP contribution >= 0.6 is 0 Å². The molecule has 1 amide bonds. The lowest BCUT2D eigenvalue weighted by molar-refractivity contribution is -0.124. The van der Waals surface area contributed by atoms with Crippen molar-refractivity contribution < 1.29 is 14.3 Å². The number of hydrogen-bond acceptors (Lipinski definition) is 4. The highest BCUT2D eigenvalue weighted by atomic mass is 16.5. The SMILES string of the molecule is COc1ccc(CN2C(=O)C3(CCNCC3)c3ccc(OC)cc32)cc1. The zero-order valence-corrected chi connectivity index (χ0v) is 15.2. The van der Waals surface area contributed by atoms with Crippen molar-refractivity contribution in [2.45, 2.75) is 24.8 Å². The van der Waals surface area contributed by atoms with Gasteiger partial charge >= 0.3 is 0 Å². The lowest BCUT2D eigenvalue weighted by Crippen LogP contribution is -2.47. The summed E-state index contributed by atoms with van der Waals surface area (Å²) >= 11 is 0. The van der Waals surface area contributed by atoms with Gasteiger partial charge in [-0.15, -0.1) is 0 Å². The Hall–Kier alpha value is -2.53. The number of hydrogen-bond donors (Lipinski definition) is 1. The van der Waals surface area contributed by atoms with Crippen LogP contribution in [0.3, 0.4) is 0 Å². The third kappa shape index (κ3) is 2.63. The summed E-state index contributed by atoms with van der Waals surface area (Å²) in [5, 5.41) is 3.38. The van der Waals surface area contributed by atoms with E-state index in [0.717, 1.165) is 54.2 Å². The Morgan fingerprint density at radius 1 is 1.00 bits per heavy atom. The number of anilines is 1. The lowest BCUT2D eigenvalue weighted by atomic mass is 9.74. The quantitative estimate of drug-likeness (QED) is 0.919. The summed E-state index contributed by atoms with van der Waals surface area (Å²) in [6, 6.07) is 13.9. The van der Waals surface area contributed by atoms with E-state index in [1.807, 2.05) is 41.3 Å². The Bertz CT molecular complexity index is 811. The van der Waals surface area contributed by atoms with Gasteiger partial charge in [0.15, 0.2) is 0 Å². The fraction of sp³-hybridized carbons (Fsp3) is 0.381. The van der Waals surface area contributed by atoms with Crippen molar-refractivity contribution in [1.82, 2.24) is 5.32 Å². The summed E-state index contributed by atoms with van der Waals surface area (Å²) < 4.78 is 10.6. The van der Waals surface area contributed by atoms with Crippen LogP contribution in [0.4, 0.5) is 5.69 Å². The van der Waals surface area contributed by atoms with Crippen molar-refractivity contribution in [2.75, 3.05) is 32.2 Å². The Kier molecular flexibility index (Phi) is 4.32. The zero-order valence-electron chi connectivity index (χ0n) is 15.2. The van der Waals surface area contributed by atoms with Crippen LogP contribution in [0.5, 0.6) is 11.5 Å². The van der Waals surface area contributed by atoms with Gasteiger partial charge in [0.05, 0.1) is 31.9 Å². The van der Waals surface area contributed by atoms with E-state index in [9.17, 15) is 4.79 Å². The highest BCUT2D eigenvalue weighted by Gasteiger charge is 2.51. The van der Waals surface area contributed by atoms with Crippen molar-refractivity contribution >= 4 is 11.6 Å². The third-order valence-electron chi connectivity index (χ3n) is 5.62. The fourth-order valence-electron chi connectivity index (χ4n) is 4.16. The number of rotatable bonds is 4. The first-order chi connectivity index (χ1) is 12.7. The van der Waals surface area contributed by atoms with Crippen molar-refractivity contribution in [3.63, 3.8) is 0 Å². The minimum Gasteiger partial charge on any atom is -0.497 e. The maximum Gasteiger partial charge on any atom is 0.238 e. The lowest BCUT2D eigenvalue weighted by Gasteiger charge is -2.33. The molecule has 0 saturated carbocycles. The van der Waals surface area contributed by atoms with Crippen LogP contribution in [-0.2, 0) is 16.8 Å². The minimum atomic E-state index is -0.403. The van der Waals surface area contributed by atoms with Crippen LogP contribution < -0.4 is 19.7 Å². The first-order valence-electron chi connectivity index (χ1n) is 9.02. The van der Waals surface area contributed by atoms with E-state index in [-0.39, 0.29) is 5.91 Å². The summed E-state index contributed by atoms with van der Waals surface area (Å²) in [5.74, 6) is 1.80. The summed E-state index contributed by atoms with van der Waals surface area (Å²) in [6.45, 7) is 2.29. The van der Waals surface area contributed by atoms with E-state index in [4.69, 9.17) is 9.47 Å². The van der Waals surface area contributed by atoms with Gasteiger partial charge in [0.2, 0.25) is 5.91 Å². The highest BCUT2D eigenvalue weighted by molar-refractivity contribution is 6.08. The van der Waals surface area contributed by atoms with Crippen LogP contribution in [0, 0.1) is 0 Å². The van der Waals surface area contributed by atoms with Crippen LogP contribution in [-0.4, -0.2) is 33.2 Å². The summed E-state index contributed by atoms with van der Waals surface area (Å²) in [4.78, 5) is 15.4. The number of carbonyl (C=O) groups is 1. The van der Waals surface area contributed by atoms with Gasteiger partial charge in [0, 0.05) is 6.07 Å². The number of piperidine rings is 1. The Balaban J connectivity index is 1.73. The molecule has 1 fully saturated rings. The average Bonchev–Trinajstić information content (AvgIpc) is 2.91. The largest absolute Gasteiger partial charge is 0.497 e. The molecule has 136 valence electrons. The normalized spacial score (nSPS) is 18.1. The predicted molar refractivity (Wildman–Crippen MR) is 101 cm³/mol. The van der Waals surface area contributed by atoms with Gasteiger partial charge in [0.1, 0.15) is 11.5 Å². The molecule has 2 heterocycles. The topological polar surface area (TPSA) is 50.8 Å². The molecule has 1 N–H and O–H groups in total. The van der Waals surface area contributed by atoms with Crippen molar-refractivity contribution in [3.8, 4) is 11.5 Å². The molecular formula is C21H24N2O3. The molecule has 0 aliphatic carbocycles. The molecule has 5 heteroatoms. The Morgan fingerprint density at radius 2 is 1.65 bits per heavy atom. The fourth-order valence-corrected chi connectivity index (χ4v) is 4.16. The monoisotopic (exact) mass is 352 g/mol. The zero-order chi connectivity index (χ0) is 18.1. The molecule has 26 heavy (non-hydrogen) atoms.